The number of benzene rings is 1. The van der Waals surface area contributed by atoms with Crippen LogP contribution in [0.5, 0.6) is 0 Å². The molecule has 3 aromatic rings. The summed E-state index contributed by atoms with van der Waals surface area (Å²) in [5, 5.41) is 2.05. The van der Waals surface area contributed by atoms with Gasteiger partial charge in [-0.3, -0.25) is 0 Å². The van der Waals surface area contributed by atoms with Crippen LogP contribution in [0.15, 0.2) is 29.6 Å². The Kier molecular flexibility index (Phi) is 4.51. The molecule has 3 rings (SSSR count). The Bertz CT molecular complexity index is 770. The average Bonchev–Trinajstić information content (AvgIpc) is 3.07. The van der Waals surface area contributed by atoms with Gasteiger partial charge in [0.25, 0.3) is 0 Å². The first-order valence-electron chi connectivity index (χ1n) is 6.57. The predicted octanol–water partition coefficient (Wildman–Crippen LogP) is 5.23. The molecule has 0 radical (unpaired) electrons. The normalized spacial score (nSPS) is 13.0. The van der Waals surface area contributed by atoms with Crippen molar-refractivity contribution in [1.29, 1.82) is 0 Å². The van der Waals surface area contributed by atoms with Crippen molar-refractivity contribution in [2.75, 3.05) is 5.88 Å². The van der Waals surface area contributed by atoms with Crippen LogP contribution in [-0.4, -0.2) is 15.4 Å². The molecule has 21 heavy (non-hydrogen) atoms. The molecule has 0 bridgehead atoms. The van der Waals surface area contributed by atoms with Gasteiger partial charge in [0.05, 0.1) is 20.6 Å². The third kappa shape index (κ3) is 2.83. The fraction of sp³-hybridized carbons (Fsp3) is 0.267. The lowest BCUT2D eigenvalue weighted by Gasteiger charge is -2.16. The van der Waals surface area contributed by atoms with Gasteiger partial charge in [-0.05, 0) is 47.0 Å². The summed E-state index contributed by atoms with van der Waals surface area (Å²) in [6, 6.07) is 7.61. The van der Waals surface area contributed by atoms with Crippen LogP contribution in [-0.2, 0) is 6.42 Å². The van der Waals surface area contributed by atoms with Crippen molar-refractivity contribution in [3.05, 3.63) is 49.7 Å². The molecule has 0 saturated heterocycles. The number of fused-ring (bicyclic) bond motifs is 1. The highest BCUT2D eigenvalue weighted by Crippen LogP contribution is 2.30. The maximum absolute atomic E-state index is 14.0. The quantitative estimate of drug-likeness (QED) is 0.406. The molecule has 0 fully saturated rings. The molecular weight excluding hydrogens is 422 g/mol. The Morgan fingerprint density at radius 2 is 2.29 bits per heavy atom. The van der Waals surface area contributed by atoms with E-state index >= 15 is 0 Å². The number of hydrogen-bond acceptors (Lipinski definition) is 2. The van der Waals surface area contributed by atoms with E-state index in [1.54, 1.807) is 23.5 Å². The van der Waals surface area contributed by atoms with Gasteiger partial charge in [-0.1, -0.05) is 6.07 Å². The lowest BCUT2D eigenvalue weighted by molar-refractivity contribution is 0.613. The molecule has 1 atom stereocenters. The second-order valence-electron chi connectivity index (χ2n) is 4.78. The highest BCUT2D eigenvalue weighted by molar-refractivity contribution is 14.1. The molecule has 110 valence electrons. The summed E-state index contributed by atoms with van der Waals surface area (Å²) in [6.45, 7) is 2.11. The van der Waals surface area contributed by atoms with Crippen LogP contribution >= 0.6 is 45.5 Å². The average molecular weight is 435 g/mol. The number of halogens is 3. The second-order valence-corrected chi connectivity index (χ2v) is 7.30. The molecule has 1 unspecified atom stereocenters. The molecule has 6 heteroatoms. The van der Waals surface area contributed by atoms with Crippen molar-refractivity contribution in [3.8, 4) is 0 Å². The standard InChI is InChI=1S/C15H13ClFIN2S/c1-9(14-3-2-6-21-14)20-13-7-10(17)11(18)8-12(13)19-15(20)4-5-16/h2-3,6-9H,4-5H2,1H3. The first kappa shape index (κ1) is 15.2. The molecule has 0 aliphatic heterocycles. The molecule has 0 spiro atoms. The minimum Gasteiger partial charge on any atom is -0.320 e. The molecule has 2 nitrogen and oxygen atoms in total. The Morgan fingerprint density at radius 3 is 2.95 bits per heavy atom. The van der Waals surface area contributed by atoms with Crippen molar-refractivity contribution in [1.82, 2.24) is 9.55 Å². The molecule has 0 aliphatic rings. The fourth-order valence-corrected chi connectivity index (χ4v) is 3.88. The summed E-state index contributed by atoms with van der Waals surface area (Å²) in [4.78, 5) is 5.87. The van der Waals surface area contributed by atoms with Crippen molar-refractivity contribution in [2.24, 2.45) is 0 Å². The molecule has 1 aromatic carbocycles. The smallest absolute Gasteiger partial charge is 0.138 e. The van der Waals surface area contributed by atoms with E-state index in [0.29, 0.717) is 15.9 Å². The van der Waals surface area contributed by atoms with Gasteiger partial charge in [0, 0.05) is 23.2 Å². The van der Waals surface area contributed by atoms with Gasteiger partial charge in [0.2, 0.25) is 0 Å². The van der Waals surface area contributed by atoms with Crippen LogP contribution in [0.4, 0.5) is 4.39 Å². The first-order valence-corrected chi connectivity index (χ1v) is 9.06. The van der Waals surface area contributed by atoms with Crippen molar-refractivity contribution < 1.29 is 4.39 Å². The minimum atomic E-state index is -0.208. The number of alkyl halides is 1. The molecular formula is C15H13ClFIN2S. The van der Waals surface area contributed by atoms with E-state index in [0.717, 1.165) is 16.9 Å². The molecule has 0 aliphatic carbocycles. The van der Waals surface area contributed by atoms with Crippen LogP contribution in [0, 0.1) is 9.39 Å². The first-order chi connectivity index (χ1) is 10.1. The van der Waals surface area contributed by atoms with Gasteiger partial charge in [0.15, 0.2) is 0 Å². The van der Waals surface area contributed by atoms with Crippen LogP contribution in [0.25, 0.3) is 11.0 Å². The number of thiophene rings is 1. The van der Waals surface area contributed by atoms with Gasteiger partial charge in [-0.2, -0.15) is 0 Å². The van der Waals surface area contributed by atoms with Crippen LogP contribution in [0.2, 0.25) is 0 Å². The largest absolute Gasteiger partial charge is 0.320 e. The molecule has 2 heterocycles. The van der Waals surface area contributed by atoms with Crippen molar-refractivity contribution in [3.63, 3.8) is 0 Å². The Hall–Kier alpha value is -0.660. The highest BCUT2D eigenvalue weighted by atomic mass is 127. The van der Waals surface area contributed by atoms with E-state index in [9.17, 15) is 4.39 Å². The third-order valence-corrected chi connectivity index (χ3v) is 5.52. The van der Waals surface area contributed by atoms with E-state index < -0.39 is 0 Å². The zero-order chi connectivity index (χ0) is 15.0. The maximum atomic E-state index is 14.0. The lowest BCUT2D eigenvalue weighted by atomic mass is 10.2. The number of imidazole rings is 1. The molecule has 2 aromatic heterocycles. The zero-order valence-corrected chi connectivity index (χ0v) is 15.0. The van der Waals surface area contributed by atoms with E-state index in [2.05, 4.69) is 27.9 Å². The monoisotopic (exact) mass is 434 g/mol. The highest BCUT2D eigenvalue weighted by Gasteiger charge is 2.19. The van der Waals surface area contributed by atoms with Gasteiger partial charge >= 0.3 is 0 Å². The Labute approximate surface area is 145 Å². The Balaban J connectivity index is 2.22. The predicted molar refractivity (Wildman–Crippen MR) is 95.0 cm³/mol. The minimum absolute atomic E-state index is 0.118. The fourth-order valence-electron chi connectivity index (χ4n) is 2.49. The van der Waals surface area contributed by atoms with Gasteiger partial charge in [-0.15, -0.1) is 22.9 Å². The summed E-state index contributed by atoms with van der Waals surface area (Å²) in [6.07, 6.45) is 0.671. The molecule has 0 saturated carbocycles. The number of aryl methyl sites for hydroxylation is 1. The topological polar surface area (TPSA) is 17.8 Å². The van der Waals surface area contributed by atoms with E-state index in [-0.39, 0.29) is 11.9 Å². The maximum Gasteiger partial charge on any atom is 0.138 e. The molecule has 0 amide bonds. The Morgan fingerprint density at radius 1 is 1.48 bits per heavy atom. The van der Waals surface area contributed by atoms with Crippen molar-refractivity contribution in [2.45, 2.75) is 19.4 Å². The van der Waals surface area contributed by atoms with E-state index in [1.165, 1.54) is 4.88 Å². The van der Waals surface area contributed by atoms with Crippen molar-refractivity contribution >= 4 is 56.6 Å². The summed E-state index contributed by atoms with van der Waals surface area (Å²) < 4.78 is 16.6. The number of hydrogen-bond donors (Lipinski definition) is 0. The van der Waals surface area contributed by atoms with E-state index in [4.69, 9.17) is 11.6 Å². The van der Waals surface area contributed by atoms with Gasteiger partial charge in [-0.25, -0.2) is 9.37 Å². The molecule has 0 N–H and O–H groups in total. The number of rotatable bonds is 4. The van der Waals surface area contributed by atoms with Gasteiger partial charge < -0.3 is 4.57 Å². The lowest BCUT2D eigenvalue weighted by Crippen LogP contribution is -2.10. The summed E-state index contributed by atoms with van der Waals surface area (Å²) in [7, 11) is 0. The van der Waals surface area contributed by atoms with Gasteiger partial charge in [0.1, 0.15) is 11.6 Å². The summed E-state index contributed by atoms with van der Waals surface area (Å²) in [5.74, 6) is 1.20. The number of nitrogens with zero attached hydrogens (tertiary/aromatic N) is 2. The second kappa shape index (κ2) is 6.22. The van der Waals surface area contributed by atoms with Crippen LogP contribution in [0.1, 0.15) is 23.7 Å². The SMILES string of the molecule is CC(c1cccs1)n1c(CCCl)nc2cc(I)c(F)cc21. The van der Waals surface area contributed by atoms with E-state index in [1.807, 2.05) is 28.7 Å². The third-order valence-electron chi connectivity index (χ3n) is 3.46. The zero-order valence-electron chi connectivity index (χ0n) is 11.3. The van der Waals surface area contributed by atoms with Crippen LogP contribution in [0.3, 0.4) is 0 Å². The number of aromatic nitrogens is 2. The summed E-state index contributed by atoms with van der Waals surface area (Å²) in [5.41, 5.74) is 1.65. The van der Waals surface area contributed by atoms with Crippen LogP contribution < -0.4 is 0 Å². The summed E-state index contributed by atoms with van der Waals surface area (Å²) >= 11 is 9.59.